The van der Waals surface area contributed by atoms with Crippen LogP contribution in [0.2, 0.25) is 0 Å². The molecule has 3 atom stereocenters. The first-order valence-corrected chi connectivity index (χ1v) is 10.1. The van der Waals surface area contributed by atoms with Crippen molar-refractivity contribution in [1.82, 2.24) is 4.90 Å². The number of aliphatic hydroxyl groups excluding tert-OH is 1. The molecule has 0 unspecified atom stereocenters. The van der Waals surface area contributed by atoms with Crippen LogP contribution in [0.25, 0.3) is 0 Å². The van der Waals surface area contributed by atoms with Crippen LogP contribution in [-0.4, -0.2) is 42.4 Å². The minimum absolute atomic E-state index is 0.227. The molecule has 1 aliphatic carbocycles. The van der Waals surface area contributed by atoms with Crippen molar-refractivity contribution >= 4 is 0 Å². The van der Waals surface area contributed by atoms with Gasteiger partial charge in [-0.2, -0.15) is 0 Å². The Morgan fingerprint density at radius 1 is 1.19 bits per heavy atom. The Bertz CT molecular complexity index is 662. The second-order valence-electron chi connectivity index (χ2n) is 9.61. The summed E-state index contributed by atoms with van der Waals surface area (Å²) in [6.45, 7) is 8.86. The molecular formula is C22H33NO3. The van der Waals surface area contributed by atoms with E-state index in [2.05, 4.69) is 37.8 Å². The first-order valence-electron chi connectivity index (χ1n) is 10.1. The molecule has 2 aliphatic heterocycles. The number of benzene rings is 1. The van der Waals surface area contributed by atoms with Crippen LogP contribution in [0.3, 0.4) is 0 Å². The molecule has 4 heteroatoms. The van der Waals surface area contributed by atoms with Crippen LogP contribution < -0.4 is 9.47 Å². The van der Waals surface area contributed by atoms with E-state index in [1.807, 2.05) is 0 Å². The fourth-order valence-electron chi connectivity index (χ4n) is 4.70. The van der Waals surface area contributed by atoms with E-state index < -0.39 is 0 Å². The summed E-state index contributed by atoms with van der Waals surface area (Å²) < 4.78 is 11.7. The quantitative estimate of drug-likeness (QED) is 0.884. The summed E-state index contributed by atoms with van der Waals surface area (Å²) in [4.78, 5) is 2.58. The van der Waals surface area contributed by atoms with Gasteiger partial charge in [0, 0.05) is 19.1 Å². The van der Waals surface area contributed by atoms with Gasteiger partial charge in [0.1, 0.15) is 0 Å². The van der Waals surface area contributed by atoms with E-state index in [-0.39, 0.29) is 11.5 Å². The monoisotopic (exact) mass is 359 g/mol. The van der Waals surface area contributed by atoms with Gasteiger partial charge in [0.15, 0.2) is 11.5 Å². The number of rotatable bonds is 4. The van der Waals surface area contributed by atoms with Crippen molar-refractivity contribution in [2.75, 3.05) is 20.2 Å². The SMILES string of the molecule is COc1cc2c(cc1OC1CC1)CCN1C[C@@H](CC(C)(C)C)[C@H](O)C[C@H]21. The van der Waals surface area contributed by atoms with Crippen molar-refractivity contribution in [2.24, 2.45) is 11.3 Å². The normalized spacial score (nSPS) is 29.0. The predicted molar refractivity (Wildman–Crippen MR) is 103 cm³/mol. The maximum absolute atomic E-state index is 10.8. The van der Waals surface area contributed by atoms with E-state index in [0.717, 1.165) is 56.7 Å². The van der Waals surface area contributed by atoms with Crippen molar-refractivity contribution in [3.8, 4) is 11.5 Å². The van der Waals surface area contributed by atoms with Gasteiger partial charge in [0.05, 0.1) is 19.3 Å². The molecule has 144 valence electrons. The van der Waals surface area contributed by atoms with Gasteiger partial charge >= 0.3 is 0 Å². The van der Waals surface area contributed by atoms with Gasteiger partial charge in [-0.3, -0.25) is 4.90 Å². The maximum Gasteiger partial charge on any atom is 0.161 e. The minimum Gasteiger partial charge on any atom is -0.493 e. The Kier molecular flexibility index (Phi) is 4.68. The van der Waals surface area contributed by atoms with Crippen molar-refractivity contribution in [1.29, 1.82) is 0 Å². The molecule has 0 spiro atoms. The maximum atomic E-state index is 10.8. The first kappa shape index (κ1) is 18.1. The van der Waals surface area contributed by atoms with Crippen LogP contribution in [0, 0.1) is 11.3 Å². The Hall–Kier alpha value is -1.26. The average Bonchev–Trinajstić information content (AvgIpc) is 3.38. The number of methoxy groups -OCH3 is 1. The first-order chi connectivity index (χ1) is 12.3. The number of aliphatic hydroxyl groups is 1. The van der Waals surface area contributed by atoms with E-state index in [1.165, 1.54) is 11.1 Å². The molecule has 2 fully saturated rings. The van der Waals surface area contributed by atoms with Crippen LogP contribution in [0.5, 0.6) is 11.5 Å². The Labute approximate surface area is 157 Å². The fraction of sp³-hybridized carbons (Fsp3) is 0.727. The van der Waals surface area contributed by atoms with Crippen LogP contribution in [0.4, 0.5) is 0 Å². The van der Waals surface area contributed by atoms with Gasteiger partial charge in [-0.05, 0) is 66.7 Å². The van der Waals surface area contributed by atoms with Crippen molar-refractivity contribution < 1.29 is 14.6 Å². The Balaban J connectivity index is 1.57. The molecule has 0 aromatic heterocycles. The van der Waals surface area contributed by atoms with E-state index in [4.69, 9.17) is 9.47 Å². The highest BCUT2D eigenvalue weighted by atomic mass is 16.5. The van der Waals surface area contributed by atoms with E-state index in [0.29, 0.717) is 18.1 Å². The summed E-state index contributed by atoms with van der Waals surface area (Å²) in [6.07, 6.45) is 5.39. The zero-order chi connectivity index (χ0) is 18.5. The molecule has 2 heterocycles. The third kappa shape index (κ3) is 3.72. The Morgan fingerprint density at radius 2 is 1.96 bits per heavy atom. The zero-order valence-electron chi connectivity index (χ0n) is 16.6. The van der Waals surface area contributed by atoms with E-state index >= 15 is 0 Å². The van der Waals surface area contributed by atoms with Crippen molar-refractivity contribution in [3.05, 3.63) is 23.3 Å². The Morgan fingerprint density at radius 3 is 2.62 bits per heavy atom. The molecule has 0 radical (unpaired) electrons. The molecule has 26 heavy (non-hydrogen) atoms. The average molecular weight is 360 g/mol. The fourth-order valence-corrected chi connectivity index (χ4v) is 4.70. The highest BCUT2D eigenvalue weighted by Gasteiger charge is 2.40. The third-order valence-corrected chi connectivity index (χ3v) is 6.06. The predicted octanol–water partition coefficient (Wildman–Crippen LogP) is 3.95. The van der Waals surface area contributed by atoms with Gasteiger partial charge in [-0.15, -0.1) is 0 Å². The lowest BCUT2D eigenvalue weighted by atomic mass is 9.75. The van der Waals surface area contributed by atoms with Gasteiger partial charge in [-0.25, -0.2) is 0 Å². The second-order valence-corrected chi connectivity index (χ2v) is 9.61. The second kappa shape index (κ2) is 6.72. The van der Waals surface area contributed by atoms with Crippen LogP contribution in [-0.2, 0) is 6.42 Å². The molecule has 1 N–H and O–H groups in total. The molecule has 0 amide bonds. The highest BCUT2D eigenvalue weighted by molar-refractivity contribution is 5.50. The number of ether oxygens (including phenoxy) is 2. The number of nitrogens with zero attached hydrogens (tertiary/aromatic N) is 1. The molecule has 4 rings (SSSR count). The molecule has 4 nitrogen and oxygen atoms in total. The lowest BCUT2D eigenvalue weighted by molar-refractivity contribution is -0.0259. The topological polar surface area (TPSA) is 41.9 Å². The summed E-state index contributed by atoms with van der Waals surface area (Å²) in [7, 11) is 1.72. The van der Waals surface area contributed by atoms with Crippen molar-refractivity contribution in [2.45, 2.75) is 71.1 Å². The molecule has 0 bridgehead atoms. The number of hydrogen-bond donors (Lipinski definition) is 1. The summed E-state index contributed by atoms with van der Waals surface area (Å²) in [5.74, 6) is 2.10. The summed E-state index contributed by atoms with van der Waals surface area (Å²) in [5, 5.41) is 10.8. The summed E-state index contributed by atoms with van der Waals surface area (Å²) in [5.41, 5.74) is 2.94. The molecule has 1 aromatic carbocycles. The zero-order valence-corrected chi connectivity index (χ0v) is 16.6. The molecule has 1 saturated heterocycles. The summed E-state index contributed by atoms with van der Waals surface area (Å²) in [6, 6.07) is 4.66. The molecule has 3 aliphatic rings. The number of fused-ring (bicyclic) bond motifs is 3. The lowest BCUT2D eigenvalue weighted by Gasteiger charge is -2.47. The standard InChI is InChI=1S/C22H33NO3/c1-22(2,3)12-15-13-23-8-7-14-9-21(26-16-5-6-16)20(25-4)10-17(14)18(23)11-19(15)24/h9-10,15-16,18-19,24H,5-8,11-13H2,1-4H3/t15-,18-,19-/m1/s1. The van der Waals surface area contributed by atoms with E-state index in [9.17, 15) is 5.11 Å². The lowest BCUT2D eigenvalue weighted by Crippen LogP contribution is -2.48. The van der Waals surface area contributed by atoms with Gasteiger partial charge < -0.3 is 14.6 Å². The molecule has 1 aromatic rings. The van der Waals surface area contributed by atoms with Crippen LogP contribution >= 0.6 is 0 Å². The number of piperidine rings is 1. The molecular weight excluding hydrogens is 326 g/mol. The van der Waals surface area contributed by atoms with Gasteiger partial charge in [-0.1, -0.05) is 20.8 Å². The van der Waals surface area contributed by atoms with E-state index in [1.54, 1.807) is 7.11 Å². The van der Waals surface area contributed by atoms with Crippen LogP contribution in [0.1, 0.15) is 63.6 Å². The summed E-state index contributed by atoms with van der Waals surface area (Å²) >= 11 is 0. The van der Waals surface area contributed by atoms with Gasteiger partial charge in [0.2, 0.25) is 0 Å². The van der Waals surface area contributed by atoms with Crippen LogP contribution in [0.15, 0.2) is 12.1 Å². The number of hydrogen-bond acceptors (Lipinski definition) is 4. The van der Waals surface area contributed by atoms with Gasteiger partial charge in [0.25, 0.3) is 0 Å². The third-order valence-electron chi connectivity index (χ3n) is 6.06. The minimum atomic E-state index is -0.227. The van der Waals surface area contributed by atoms with Crippen molar-refractivity contribution in [3.63, 3.8) is 0 Å². The molecule has 1 saturated carbocycles. The smallest absolute Gasteiger partial charge is 0.161 e. The highest BCUT2D eigenvalue weighted by Crippen LogP contribution is 2.45. The largest absolute Gasteiger partial charge is 0.493 e.